The number of aromatic nitrogens is 1. The van der Waals surface area contributed by atoms with Crippen LogP contribution >= 0.6 is 0 Å². The lowest BCUT2D eigenvalue weighted by Crippen LogP contribution is -2.31. The predicted molar refractivity (Wildman–Crippen MR) is 129 cm³/mol. The SMILES string of the molecule is O=C(Nc1ccccc1)Nc1ccc(N2CCCN(Cc3ccc([N+](=O)[O-])cc3)CC2)nc1. The minimum Gasteiger partial charge on any atom is -0.355 e. The van der Waals surface area contributed by atoms with Gasteiger partial charge in [0.15, 0.2) is 0 Å². The van der Waals surface area contributed by atoms with Crippen LogP contribution in [-0.4, -0.2) is 47.0 Å². The summed E-state index contributed by atoms with van der Waals surface area (Å²) < 4.78 is 0. The first-order chi connectivity index (χ1) is 16.1. The zero-order valence-corrected chi connectivity index (χ0v) is 18.2. The lowest BCUT2D eigenvalue weighted by Gasteiger charge is -2.23. The van der Waals surface area contributed by atoms with Crippen molar-refractivity contribution in [2.45, 2.75) is 13.0 Å². The van der Waals surface area contributed by atoms with Gasteiger partial charge in [-0.3, -0.25) is 15.0 Å². The van der Waals surface area contributed by atoms with Crippen LogP contribution in [0.25, 0.3) is 0 Å². The van der Waals surface area contributed by atoms with Crippen LogP contribution in [0.1, 0.15) is 12.0 Å². The third-order valence-electron chi connectivity index (χ3n) is 5.50. The van der Waals surface area contributed by atoms with Crippen molar-refractivity contribution in [1.82, 2.24) is 9.88 Å². The molecule has 2 amide bonds. The summed E-state index contributed by atoms with van der Waals surface area (Å²) in [6, 6.07) is 19.5. The summed E-state index contributed by atoms with van der Waals surface area (Å²) in [6.45, 7) is 4.32. The van der Waals surface area contributed by atoms with Crippen molar-refractivity contribution in [3.8, 4) is 0 Å². The topological polar surface area (TPSA) is 104 Å². The summed E-state index contributed by atoms with van der Waals surface area (Å²) >= 11 is 0. The number of non-ortho nitro benzene ring substituents is 1. The van der Waals surface area contributed by atoms with Gasteiger partial charge in [-0.2, -0.15) is 0 Å². The number of nitro benzene ring substituents is 1. The number of anilines is 3. The van der Waals surface area contributed by atoms with Crippen LogP contribution in [0.5, 0.6) is 0 Å². The summed E-state index contributed by atoms with van der Waals surface area (Å²) in [5.41, 5.74) is 2.53. The standard InChI is InChI=1S/C24H26N6O3/c31-24(26-20-5-2-1-3-6-20)27-21-9-12-23(25-17-21)29-14-4-13-28(15-16-29)18-19-7-10-22(11-8-19)30(32)33/h1-3,5-12,17H,4,13-16,18H2,(H2,26,27,31). The number of nitrogens with one attached hydrogen (secondary N) is 2. The predicted octanol–water partition coefficient (Wildman–Crippen LogP) is 4.35. The van der Waals surface area contributed by atoms with Crippen LogP contribution in [0.3, 0.4) is 0 Å². The summed E-state index contributed by atoms with van der Waals surface area (Å²) in [6.07, 6.45) is 2.66. The minimum atomic E-state index is -0.378. The molecule has 2 N–H and O–H groups in total. The highest BCUT2D eigenvalue weighted by Crippen LogP contribution is 2.19. The quantitative estimate of drug-likeness (QED) is 0.431. The van der Waals surface area contributed by atoms with Crippen molar-refractivity contribution in [2.75, 3.05) is 41.7 Å². The van der Waals surface area contributed by atoms with Crippen LogP contribution in [0.2, 0.25) is 0 Å². The molecule has 0 spiro atoms. The number of amides is 2. The zero-order valence-electron chi connectivity index (χ0n) is 18.2. The second kappa shape index (κ2) is 10.6. The maximum absolute atomic E-state index is 12.2. The molecular formula is C24H26N6O3. The maximum Gasteiger partial charge on any atom is 0.323 e. The number of benzene rings is 2. The van der Waals surface area contributed by atoms with E-state index in [0.29, 0.717) is 5.69 Å². The highest BCUT2D eigenvalue weighted by atomic mass is 16.6. The van der Waals surface area contributed by atoms with Gasteiger partial charge in [-0.05, 0) is 36.2 Å². The number of hydrogen-bond acceptors (Lipinski definition) is 6. The molecule has 2 heterocycles. The van der Waals surface area contributed by atoms with Gasteiger partial charge in [0.05, 0.1) is 16.8 Å². The van der Waals surface area contributed by atoms with Crippen molar-refractivity contribution in [1.29, 1.82) is 0 Å². The van der Waals surface area contributed by atoms with E-state index < -0.39 is 0 Å². The van der Waals surface area contributed by atoms with Gasteiger partial charge in [0.1, 0.15) is 5.82 Å². The van der Waals surface area contributed by atoms with Gasteiger partial charge in [0, 0.05) is 50.5 Å². The van der Waals surface area contributed by atoms with Gasteiger partial charge in [-0.15, -0.1) is 0 Å². The van der Waals surface area contributed by atoms with E-state index in [1.165, 1.54) is 0 Å². The fraction of sp³-hybridized carbons (Fsp3) is 0.250. The normalized spacial score (nSPS) is 14.4. The van der Waals surface area contributed by atoms with Gasteiger partial charge in [0.2, 0.25) is 0 Å². The summed E-state index contributed by atoms with van der Waals surface area (Å²) in [7, 11) is 0. The fourth-order valence-corrected chi connectivity index (χ4v) is 3.80. The largest absolute Gasteiger partial charge is 0.355 e. The third-order valence-corrected chi connectivity index (χ3v) is 5.50. The molecule has 2 aromatic carbocycles. The van der Waals surface area contributed by atoms with Crippen molar-refractivity contribution >= 4 is 28.9 Å². The van der Waals surface area contributed by atoms with Crippen molar-refractivity contribution in [2.24, 2.45) is 0 Å². The van der Waals surface area contributed by atoms with Crippen LogP contribution in [0.4, 0.5) is 27.7 Å². The van der Waals surface area contributed by atoms with Crippen LogP contribution in [0.15, 0.2) is 72.9 Å². The average Bonchev–Trinajstić information content (AvgIpc) is 3.06. The molecule has 33 heavy (non-hydrogen) atoms. The third kappa shape index (κ3) is 6.27. The van der Waals surface area contributed by atoms with Crippen molar-refractivity contribution in [3.63, 3.8) is 0 Å². The zero-order chi connectivity index (χ0) is 23.0. The first-order valence-corrected chi connectivity index (χ1v) is 10.9. The lowest BCUT2D eigenvalue weighted by molar-refractivity contribution is -0.384. The van der Waals surface area contributed by atoms with Gasteiger partial charge < -0.3 is 15.5 Å². The monoisotopic (exact) mass is 446 g/mol. The Morgan fingerprint density at radius 2 is 1.67 bits per heavy atom. The molecule has 0 saturated carbocycles. The Kier molecular flexibility index (Phi) is 7.11. The van der Waals surface area contributed by atoms with E-state index in [1.54, 1.807) is 18.3 Å². The molecule has 0 atom stereocenters. The number of nitro groups is 1. The molecule has 0 aliphatic carbocycles. The van der Waals surface area contributed by atoms with E-state index in [4.69, 9.17) is 0 Å². The van der Waals surface area contributed by atoms with Crippen LogP contribution in [0, 0.1) is 10.1 Å². The molecule has 9 heteroatoms. The molecule has 0 bridgehead atoms. The first kappa shape index (κ1) is 22.2. The Balaban J connectivity index is 1.28. The molecule has 1 fully saturated rings. The van der Waals surface area contributed by atoms with Gasteiger partial charge in [0.25, 0.3) is 5.69 Å². The van der Waals surface area contributed by atoms with E-state index in [1.807, 2.05) is 54.6 Å². The Morgan fingerprint density at radius 1 is 0.909 bits per heavy atom. The van der Waals surface area contributed by atoms with Gasteiger partial charge in [-0.25, -0.2) is 9.78 Å². The van der Waals surface area contributed by atoms with E-state index in [2.05, 4.69) is 25.4 Å². The van der Waals surface area contributed by atoms with Crippen molar-refractivity contribution in [3.05, 3.63) is 88.6 Å². The number of urea groups is 1. The summed E-state index contributed by atoms with van der Waals surface area (Å²) in [4.78, 5) is 31.7. The molecule has 170 valence electrons. The lowest BCUT2D eigenvalue weighted by atomic mass is 10.2. The second-order valence-corrected chi connectivity index (χ2v) is 7.89. The second-order valence-electron chi connectivity index (χ2n) is 7.89. The number of carbonyl (C=O) groups is 1. The molecule has 1 aromatic heterocycles. The number of rotatable bonds is 6. The number of carbonyl (C=O) groups excluding carboxylic acids is 1. The van der Waals surface area contributed by atoms with E-state index in [9.17, 15) is 14.9 Å². The minimum absolute atomic E-state index is 0.113. The molecular weight excluding hydrogens is 420 g/mol. The highest BCUT2D eigenvalue weighted by molar-refractivity contribution is 5.99. The van der Waals surface area contributed by atoms with Crippen molar-refractivity contribution < 1.29 is 9.72 Å². The molecule has 3 aromatic rings. The Hall–Kier alpha value is -3.98. The Bertz CT molecular complexity index is 1070. The molecule has 1 aliphatic heterocycles. The number of hydrogen-bond donors (Lipinski definition) is 2. The summed E-state index contributed by atoms with van der Waals surface area (Å²) in [5.74, 6) is 0.876. The Morgan fingerprint density at radius 3 is 2.36 bits per heavy atom. The maximum atomic E-state index is 12.2. The van der Waals surface area contributed by atoms with Crippen LogP contribution < -0.4 is 15.5 Å². The number of para-hydroxylation sites is 1. The van der Waals surface area contributed by atoms with Crippen LogP contribution in [-0.2, 0) is 6.54 Å². The molecule has 0 radical (unpaired) electrons. The smallest absolute Gasteiger partial charge is 0.323 e. The summed E-state index contributed by atoms with van der Waals surface area (Å²) in [5, 5.41) is 16.4. The van der Waals surface area contributed by atoms with E-state index in [-0.39, 0.29) is 16.6 Å². The fourth-order valence-electron chi connectivity index (χ4n) is 3.80. The molecule has 1 aliphatic rings. The first-order valence-electron chi connectivity index (χ1n) is 10.9. The molecule has 0 unspecified atom stereocenters. The number of nitrogens with zero attached hydrogens (tertiary/aromatic N) is 4. The number of pyridine rings is 1. The van der Waals surface area contributed by atoms with E-state index in [0.717, 1.165) is 56.2 Å². The Labute approximate surface area is 192 Å². The average molecular weight is 447 g/mol. The van der Waals surface area contributed by atoms with Gasteiger partial charge in [-0.1, -0.05) is 30.3 Å². The molecule has 9 nitrogen and oxygen atoms in total. The van der Waals surface area contributed by atoms with E-state index >= 15 is 0 Å². The van der Waals surface area contributed by atoms with Gasteiger partial charge >= 0.3 is 6.03 Å². The molecule has 1 saturated heterocycles. The molecule has 4 rings (SSSR count). The highest BCUT2D eigenvalue weighted by Gasteiger charge is 2.17.